The van der Waals surface area contributed by atoms with E-state index in [0.29, 0.717) is 6.10 Å². The molecule has 1 aliphatic heterocycles. The fourth-order valence-electron chi connectivity index (χ4n) is 2.56. The second kappa shape index (κ2) is 7.87. The summed E-state index contributed by atoms with van der Waals surface area (Å²) in [5.41, 5.74) is 0. The molecule has 0 radical (unpaired) electrons. The molecule has 6 heteroatoms. The molecule has 0 spiro atoms. The van der Waals surface area contributed by atoms with Gasteiger partial charge in [-0.25, -0.2) is 0 Å². The third-order valence-corrected chi connectivity index (χ3v) is 22.4. The van der Waals surface area contributed by atoms with Crippen molar-refractivity contribution < 1.29 is 13.0 Å². The lowest BCUT2D eigenvalue weighted by atomic mass is 10.2. The lowest BCUT2D eigenvalue weighted by Gasteiger charge is -2.48. The number of ether oxygens (including phenoxy) is 1. The van der Waals surface area contributed by atoms with Crippen molar-refractivity contribution in [2.45, 2.75) is 116 Å². The van der Waals surface area contributed by atoms with E-state index >= 15 is 0 Å². The Morgan fingerprint density at radius 2 is 1.20 bits per heavy atom. The maximum Gasteiger partial charge on any atom is 0.314 e. The van der Waals surface area contributed by atoms with Crippen molar-refractivity contribution in [1.82, 2.24) is 0 Å². The molecule has 0 aromatic carbocycles. The summed E-state index contributed by atoms with van der Waals surface area (Å²) >= 11 is 0. The van der Waals surface area contributed by atoms with Gasteiger partial charge in [0, 0.05) is 0 Å². The van der Waals surface area contributed by atoms with Crippen LogP contribution in [0.3, 0.4) is 0 Å². The number of unbranched alkanes of at least 4 members (excludes halogenated alkanes) is 1. The first-order chi connectivity index (χ1) is 11.0. The average molecular weight is 405 g/mol. The normalized spacial score (nSPS) is 20.0. The second-order valence-corrected chi connectivity index (χ2v) is 24.5. The van der Waals surface area contributed by atoms with E-state index in [-0.39, 0.29) is 10.1 Å². The van der Waals surface area contributed by atoms with Gasteiger partial charge in [0.1, 0.15) is 0 Å². The molecule has 1 saturated heterocycles. The molecule has 25 heavy (non-hydrogen) atoms. The Bertz CT molecular complexity index is 404. The number of hydrogen-bond acceptors (Lipinski definition) is 3. The van der Waals surface area contributed by atoms with Crippen molar-refractivity contribution in [3.8, 4) is 0 Å². The Balaban J connectivity index is 2.87. The van der Waals surface area contributed by atoms with E-state index in [1.54, 1.807) is 0 Å². The van der Waals surface area contributed by atoms with Crippen molar-refractivity contribution in [2.24, 2.45) is 0 Å². The molecule has 0 N–H and O–H groups in total. The van der Waals surface area contributed by atoms with Crippen LogP contribution >= 0.6 is 0 Å². The highest BCUT2D eigenvalue weighted by molar-refractivity contribution is 6.89. The summed E-state index contributed by atoms with van der Waals surface area (Å²) < 4.78 is 19.4. The lowest BCUT2D eigenvalue weighted by molar-refractivity contribution is 0.344. The highest BCUT2D eigenvalue weighted by atomic mass is 28.5. The lowest BCUT2D eigenvalue weighted by Crippen LogP contribution is -2.58. The highest BCUT2D eigenvalue weighted by Crippen LogP contribution is 2.43. The fourth-order valence-corrected chi connectivity index (χ4v) is 15.9. The van der Waals surface area contributed by atoms with E-state index in [0.717, 1.165) is 12.7 Å². The van der Waals surface area contributed by atoms with Crippen LogP contribution in [0.5, 0.6) is 0 Å². The quantitative estimate of drug-likeness (QED) is 0.244. The Labute approximate surface area is 160 Å². The maximum atomic E-state index is 7.00. The third-order valence-electron chi connectivity index (χ3n) is 6.36. The van der Waals surface area contributed by atoms with Crippen LogP contribution in [-0.2, 0) is 13.0 Å². The molecule has 1 unspecified atom stereocenters. The Morgan fingerprint density at radius 3 is 1.52 bits per heavy atom. The van der Waals surface area contributed by atoms with Gasteiger partial charge in [-0.15, -0.1) is 0 Å². The van der Waals surface area contributed by atoms with Crippen molar-refractivity contribution in [3.63, 3.8) is 0 Å². The van der Waals surface area contributed by atoms with E-state index < -0.39 is 25.2 Å². The number of epoxide rings is 1. The van der Waals surface area contributed by atoms with Gasteiger partial charge >= 0.3 is 8.56 Å². The molecule has 1 fully saturated rings. The largest absolute Gasteiger partial charge is 0.436 e. The summed E-state index contributed by atoms with van der Waals surface area (Å²) in [6, 6.07) is 1.11. The monoisotopic (exact) mass is 404 g/mol. The summed E-state index contributed by atoms with van der Waals surface area (Å²) in [5.74, 6) is 0. The van der Waals surface area contributed by atoms with Crippen LogP contribution in [0.25, 0.3) is 0 Å². The van der Waals surface area contributed by atoms with Gasteiger partial charge in [-0.3, -0.25) is 0 Å². The summed E-state index contributed by atoms with van der Waals surface area (Å²) in [6.45, 7) is 26.7. The van der Waals surface area contributed by atoms with Gasteiger partial charge in [0.15, 0.2) is 16.6 Å². The van der Waals surface area contributed by atoms with Crippen LogP contribution in [0, 0.1) is 0 Å². The first-order valence-electron chi connectivity index (χ1n) is 10.0. The predicted octanol–water partition coefficient (Wildman–Crippen LogP) is 6.67. The number of rotatable bonds is 9. The molecule has 0 aliphatic carbocycles. The topological polar surface area (TPSA) is 31.0 Å². The van der Waals surface area contributed by atoms with Gasteiger partial charge in [0.25, 0.3) is 0 Å². The van der Waals surface area contributed by atoms with E-state index in [1.807, 2.05) is 0 Å². The van der Waals surface area contributed by atoms with Gasteiger partial charge in [0.05, 0.1) is 12.7 Å². The van der Waals surface area contributed by atoms with E-state index in [9.17, 15) is 0 Å². The minimum atomic E-state index is -2.21. The minimum absolute atomic E-state index is 0.222. The van der Waals surface area contributed by atoms with Gasteiger partial charge in [-0.1, -0.05) is 54.4 Å². The number of hydrogen-bond donors (Lipinski definition) is 0. The van der Waals surface area contributed by atoms with Crippen LogP contribution in [-0.4, -0.2) is 37.9 Å². The first-order valence-corrected chi connectivity index (χ1v) is 18.4. The highest BCUT2D eigenvalue weighted by Gasteiger charge is 2.49. The molecule has 0 amide bonds. The SMILES string of the molecule is CC(C)(C)[Si](C)(C)O[Si](C)(CCCCC1CO1)O[Si](C)(C)C(C)(C)C. The van der Waals surface area contributed by atoms with Crippen LogP contribution in [0.2, 0.25) is 48.9 Å². The van der Waals surface area contributed by atoms with Crippen LogP contribution in [0.15, 0.2) is 0 Å². The van der Waals surface area contributed by atoms with Gasteiger partial charge in [0.2, 0.25) is 0 Å². The zero-order valence-corrected chi connectivity index (χ0v) is 21.8. The first kappa shape index (κ1) is 23.6. The molecule has 1 atom stereocenters. The Hall–Kier alpha value is 0.531. The predicted molar refractivity (Wildman–Crippen MR) is 117 cm³/mol. The van der Waals surface area contributed by atoms with Gasteiger partial charge in [-0.05, 0) is 55.3 Å². The maximum absolute atomic E-state index is 7.00. The van der Waals surface area contributed by atoms with Crippen molar-refractivity contribution in [3.05, 3.63) is 0 Å². The summed E-state index contributed by atoms with van der Waals surface area (Å²) in [5, 5.41) is 0.444. The van der Waals surface area contributed by atoms with Gasteiger partial charge in [-0.2, -0.15) is 0 Å². The molecular formula is C19H44O3Si3. The molecule has 0 aromatic heterocycles. The molecule has 3 nitrogen and oxygen atoms in total. The molecule has 0 aromatic rings. The van der Waals surface area contributed by atoms with Crippen molar-refractivity contribution >= 4 is 25.2 Å². The zero-order chi connectivity index (χ0) is 19.7. The minimum Gasteiger partial charge on any atom is -0.436 e. The fraction of sp³-hybridized carbons (Fsp3) is 1.00. The molecule has 1 aliphatic rings. The Morgan fingerprint density at radius 1 is 0.800 bits per heavy atom. The smallest absolute Gasteiger partial charge is 0.314 e. The molecule has 1 rings (SSSR count). The molecular weight excluding hydrogens is 360 g/mol. The van der Waals surface area contributed by atoms with E-state index in [4.69, 9.17) is 13.0 Å². The molecule has 1 heterocycles. The Kier molecular flexibility index (Phi) is 7.42. The standard InChI is InChI=1S/C19H44O3Si3/c1-18(2,3)23(7,8)21-25(11,15-13-12-14-17-16-20-17)22-24(9,10)19(4,5)6/h17H,12-16H2,1-11H3. The third kappa shape index (κ3) is 7.22. The van der Waals surface area contributed by atoms with E-state index in [2.05, 4.69) is 74.3 Å². The van der Waals surface area contributed by atoms with Crippen molar-refractivity contribution in [1.29, 1.82) is 0 Å². The van der Waals surface area contributed by atoms with E-state index in [1.165, 1.54) is 19.3 Å². The summed E-state index contributed by atoms with van der Waals surface area (Å²) in [7, 11) is -5.88. The molecule has 150 valence electrons. The van der Waals surface area contributed by atoms with Crippen LogP contribution in [0.4, 0.5) is 0 Å². The van der Waals surface area contributed by atoms with Crippen LogP contribution < -0.4 is 0 Å². The molecule has 0 saturated carbocycles. The summed E-state index contributed by atoms with van der Waals surface area (Å²) in [6.07, 6.45) is 4.17. The summed E-state index contributed by atoms with van der Waals surface area (Å²) in [4.78, 5) is 0. The zero-order valence-electron chi connectivity index (χ0n) is 18.8. The average Bonchev–Trinajstić information content (AvgIpc) is 3.14. The second-order valence-electron chi connectivity index (χ2n) is 11.1. The molecule has 0 bridgehead atoms. The van der Waals surface area contributed by atoms with Crippen LogP contribution in [0.1, 0.15) is 60.8 Å². The van der Waals surface area contributed by atoms with Crippen molar-refractivity contribution in [2.75, 3.05) is 6.61 Å². The van der Waals surface area contributed by atoms with Gasteiger partial charge < -0.3 is 13.0 Å².